The number of hydrogen-bond donors (Lipinski definition) is 1. The van der Waals surface area contributed by atoms with Crippen LogP contribution in [0.1, 0.15) is 45.4 Å². The van der Waals surface area contributed by atoms with E-state index in [1.54, 1.807) is 5.92 Å². The third kappa shape index (κ3) is 2.70. The maximum absolute atomic E-state index is 5.70. The fourth-order valence-electron chi connectivity index (χ4n) is 1.71. The standard InChI is InChI=1S/C9H18N/c1-8(10)7-9-5-3-2-4-6-9/h8H,2-7,10H2,1H3. The van der Waals surface area contributed by atoms with Gasteiger partial charge >= 0.3 is 0 Å². The maximum atomic E-state index is 5.70. The van der Waals surface area contributed by atoms with Crippen molar-refractivity contribution in [1.82, 2.24) is 0 Å². The van der Waals surface area contributed by atoms with Gasteiger partial charge in [-0.3, -0.25) is 0 Å². The molecule has 1 saturated carbocycles. The highest BCUT2D eigenvalue weighted by atomic mass is 14.6. The van der Waals surface area contributed by atoms with Crippen LogP contribution in [0.25, 0.3) is 0 Å². The second-order valence-corrected chi connectivity index (χ2v) is 3.49. The second-order valence-electron chi connectivity index (χ2n) is 3.49. The number of nitrogens with two attached hydrogens (primary N) is 1. The zero-order chi connectivity index (χ0) is 7.40. The van der Waals surface area contributed by atoms with Gasteiger partial charge in [0.15, 0.2) is 0 Å². The lowest BCUT2D eigenvalue weighted by Crippen LogP contribution is -2.19. The summed E-state index contributed by atoms with van der Waals surface area (Å²) in [6, 6.07) is 0.382. The van der Waals surface area contributed by atoms with Gasteiger partial charge in [0, 0.05) is 6.04 Å². The fourth-order valence-corrected chi connectivity index (χ4v) is 1.71. The molecule has 1 aliphatic carbocycles. The van der Waals surface area contributed by atoms with Gasteiger partial charge < -0.3 is 5.73 Å². The molecule has 0 aliphatic heterocycles. The smallest absolute Gasteiger partial charge is 0.00159 e. The highest BCUT2D eigenvalue weighted by Gasteiger charge is 2.14. The van der Waals surface area contributed by atoms with Gasteiger partial charge in [-0.15, -0.1) is 0 Å². The van der Waals surface area contributed by atoms with Gasteiger partial charge in [-0.25, -0.2) is 0 Å². The quantitative estimate of drug-likeness (QED) is 0.625. The van der Waals surface area contributed by atoms with Gasteiger partial charge in [0.05, 0.1) is 0 Å². The van der Waals surface area contributed by atoms with E-state index in [-0.39, 0.29) is 0 Å². The van der Waals surface area contributed by atoms with E-state index >= 15 is 0 Å². The minimum atomic E-state index is 0.382. The maximum Gasteiger partial charge on any atom is 0.00159 e. The Labute approximate surface area is 64.0 Å². The average molecular weight is 140 g/mol. The Morgan fingerprint density at radius 2 is 1.90 bits per heavy atom. The van der Waals surface area contributed by atoms with Crippen molar-refractivity contribution in [1.29, 1.82) is 0 Å². The molecule has 0 saturated heterocycles. The van der Waals surface area contributed by atoms with Crippen LogP contribution in [-0.2, 0) is 0 Å². The van der Waals surface area contributed by atoms with Crippen LogP contribution in [0.4, 0.5) is 0 Å². The van der Waals surface area contributed by atoms with Gasteiger partial charge in [-0.05, 0) is 32.1 Å². The van der Waals surface area contributed by atoms with Crippen molar-refractivity contribution in [3.05, 3.63) is 5.92 Å². The molecule has 10 heavy (non-hydrogen) atoms. The topological polar surface area (TPSA) is 26.0 Å². The summed E-state index contributed by atoms with van der Waals surface area (Å²) in [6.07, 6.45) is 8.11. The minimum absolute atomic E-state index is 0.382. The van der Waals surface area contributed by atoms with E-state index < -0.39 is 0 Å². The SMILES string of the molecule is CC(N)C[C]1CCCCC1. The molecule has 1 unspecified atom stereocenters. The van der Waals surface area contributed by atoms with E-state index in [1.165, 1.54) is 38.5 Å². The van der Waals surface area contributed by atoms with Crippen LogP contribution in [0, 0.1) is 5.92 Å². The first-order chi connectivity index (χ1) is 4.79. The molecule has 0 aromatic carbocycles. The lowest BCUT2D eigenvalue weighted by atomic mass is 9.85. The zero-order valence-electron chi connectivity index (χ0n) is 6.90. The van der Waals surface area contributed by atoms with Crippen molar-refractivity contribution >= 4 is 0 Å². The van der Waals surface area contributed by atoms with E-state index in [0.29, 0.717) is 6.04 Å². The van der Waals surface area contributed by atoms with E-state index in [2.05, 4.69) is 6.92 Å². The molecule has 2 N–H and O–H groups in total. The fraction of sp³-hybridized carbons (Fsp3) is 0.889. The molecule has 1 rings (SSSR count). The largest absolute Gasteiger partial charge is 0.328 e. The molecule has 1 radical (unpaired) electrons. The molecular formula is C9H18N. The zero-order valence-corrected chi connectivity index (χ0v) is 6.90. The molecule has 0 spiro atoms. The minimum Gasteiger partial charge on any atom is -0.328 e. The summed E-state index contributed by atoms with van der Waals surface area (Å²) < 4.78 is 0. The Morgan fingerprint density at radius 3 is 2.40 bits per heavy atom. The summed E-state index contributed by atoms with van der Waals surface area (Å²) in [6.45, 7) is 2.10. The van der Waals surface area contributed by atoms with E-state index in [0.717, 1.165) is 0 Å². The van der Waals surface area contributed by atoms with Crippen molar-refractivity contribution in [2.24, 2.45) is 5.73 Å². The number of rotatable bonds is 2. The molecule has 1 heteroatoms. The third-order valence-corrected chi connectivity index (χ3v) is 2.17. The third-order valence-electron chi connectivity index (χ3n) is 2.17. The molecular weight excluding hydrogens is 122 g/mol. The van der Waals surface area contributed by atoms with Crippen LogP contribution < -0.4 is 5.73 Å². The molecule has 0 aromatic heterocycles. The van der Waals surface area contributed by atoms with Crippen LogP contribution in [0.15, 0.2) is 0 Å². The first kappa shape index (κ1) is 8.06. The Balaban J connectivity index is 2.13. The average Bonchev–Trinajstić information content (AvgIpc) is 1.88. The van der Waals surface area contributed by atoms with Crippen molar-refractivity contribution in [2.45, 2.75) is 51.5 Å². The van der Waals surface area contributed by atoms with Crippen LogP contribution in [-0.4, -0.2) is 6.04 Å². The van der Waals surface area contributed by atoms with Gasteiger partial charge in [-0.2, -0.15) is 0 Å². The molecule has 1 fully saturated rings. The van der Waals surface area contributed by atoms with Crippen LogP contribution in [0.2, 0.25) is 0 Å². The lowest BCUT2D eigenvalue weighted by Gasteiger charge is -2.22. The van der Waals surface area contributed by atoms with E-state index in [4.69, 9.17) is 5.73 Å². The summed E-state index contributed by atoms with van der Waals surface area (Å²) in [5.41, 5.74) is 5.70. The summed E-state index contributed by atoms with van der Waals surface area (Å²) >= 11 is 0. The highest BCUT2D eigenvalue weighted by molar-refractivity contribution is 4.94. The molecule has 0 bridgehead atoms. The Morgan fingerprint density at radius 1 is 1.30 bits per heavy atom. The van der Waals surface area contributed by atoms with Crippen molar-refractivity contribution in [3.8, 4) is 0 Å². The summed E-state index contributed by atoms with van der Waals surface area (Å²) in [7, 11) is 0. The van der Waals surface area contributed by atoms with Gasteiger partial charge in [0.1, 0.15) is 0 Å². The Bertz CT molecular complexity index is 82.7. The monoisotopic (exact) mass is 140 g/mol. The number of hydrogen-bond acceptors (Lipinski definition) is 1. The van der Waals surface area contributed by atoms with Crippen molar-refractivity contribution < 1.29 is 0 Å². The molecule has 0 amide bonds. The van der Waals surface area contributed by atoms with Gasteiger partial charge in [-0.1, -0.05) is 19.3 Å². The predicted octanol–water partition coefficient (Wildman–Crippen LogP) is 2.26. The van der Waals surface area contributed by atoms with E-state index in [9.17, 15) is 0 Å². The first-order valence-electron chi connectivity index (χ1n) is 4.38. The molecule has 59 valence electrons. The predicted molar refractivity (Wildman–Crippen MR) is 44.6 cm³/mol. The first-order valence-corrected chi connectivity index (χ1v) is 4.38. The van der Waals surface area contributed by atoms with E-state index in [1.807, 2.05) is 0 Å². The summed E-state index contributed by atoms with van der Waals surface area (Å²) in [4.78, 5) is 0. The molecule has 0 heterocycles. The van der Waals surface area contributed by atoms with Crippen molar-refractivity contribution in [3.63, 3.8) is 0 Å². The van der Waals surface area contributed by atoms with Gasteiger partial charge in [0.25, 0.3) is 0 Å². The van der Waals surface area contributed by atoms with Crippen LogP contribution >= 0.6 is 0 Å². The normalized spacial score (nSPS) is 24.6. The molecule has 1 aliphatic rings. The molecule has 0 aromatic rings. The van der Waals surface area contributed by atoms with Crippen LogP contribution in [0.5, 0.6) is 0 Å². The van der Waals surface area contributed by atoms with Crippen molar-refractivity contribution in [2.75, 3.05) is 0 Å². The van der Waals surface area contributed by atoms with Gasteiger partial charge in [0.2, 0.25) is 0 Å². The molecule has 1 nitrogen and oxygen atoms in total. The Kier molecular flexibility index (Phi) is 3.20. The second kappa shape index (κ2) is 3.97. The molecule has 1 atom stereocenters. The highest BCUT2D eigenvalue weighted by Crippen LogP contribution is 2.28. The Hall–Kier alpha value is -0.0400. The lowest BCUT2D eigenvalue weighted by molar-refractivity contribution is 0.485. The summed E-state index contributed by atoms with van der Waals surface area (Å²) in [5, 5.41) is 0. The van der Waals surface area contributed by atoms with Crippen LogP contribution in [0.3, 0.4) is 0 Å². The summed E-state index contributed by atoms with van der Waals surface area (Å²) in [5.74, 6) is 1.71.